The Hall–Kier alpha value is -0.610. The van der Waals surface area contributed by atoms with Gasteiger partial charge >= 0.3 is 0 Å². The van der Waals surface area contributed by atoms with Crippen LogP contribution in [-0.4, -0.2) is 54.0 Å². The smallest absolute Gasteiger partial charge is 0.237 e. The molecule has 0 radical (unpaired) electrons. The van der Waals surface area contributed by atoms with Gasteiger partial charge in [-0.3, -0.25) is 9.69 Å². The van der Waals surface area contributed by atoms with E-state index in [2.05, 4.69) is 23.6 Å². The van der Waals surface area contributed by atoms with E-state index in [9.17, 15) is 4.79 Å². The Labute approximate surface area is 123 Å². The molecule has 0 spiro atoms. The van der Waals surface area contributed by atoms with Crippen LogP contribution in [0.5, 0.6) is 0 Å². The van der Waals surface area contributed by atoms with Gasteiger partial charge in [0.1, 0.15) is 0 Å². The normalized spacial score (nSPS) is 32.4. The highest BCUT2D eigenvalue weighted by molar-refractivity contribution is 5.78. The van der Waals surface area contributed by atoms with Gasteiger partial charge in [-0.15, -0.1) is 0 Å². The van der Waals surface area contributed by atoms with Crippen molar-refractivity contribution in [2.45, 2.75) is 64.5 Å². The van der Waals surface area contributed by atoms with Gasteiger partial charge in [0.2, 0.25) is 5.91 Å². The Balaban J connectivity index is 1.95. The fraction of sp³-hybridized carbons (Fsp3) is 0.938. The van der Waals surface area contributed by atoms with Crippen molar-refractivity contribution in [1.29, 1.82) is 0 Å². The Morgan fingerprint density at radius 3 is 2.70 bits per heavy atom. The molecule has 0 aromatic rings. The quantitative estimate of drug-likeness (QED) is 0.855. The number of nitrogens with two attached hydrogens (primary N) is 1. The molecule has 2 heterocycles. The first kappa shape index (κ1) is 15.8. The first-order valence-corrected chi connectivity index (χ1v) is 8.41. The van der Waals surface area contributed by atoms with E-state index >= 15 is 0 Å². The van der Waals surface area contributed by atoms with Crippen molar-refractivity contribution in [3.63, 3.8) is 0 Å². The van der Waals surface area contributed by atoms with E-state index in [0.29, 0.717) is 37.0 Å². The van der Waals surface area contributed by atoms with Crippen molar-refractivity contribution in [3.8, 4) is 0 Å². The summed E-state index contributed by atoms with van der Waals surface area (Å²) in [5, 5.41) is 0. The van der Waals surface area contributed by atoms with E-state index in [1.54, 1.807) is 0 Å². The predicted molar refractivity (Wildman–Crippen MR) is 82.5 cm³/mol. The summed E-state index contributed by atoms with van der Waals surface area (Å²) in [6, 6.07) is 0.854. The molecule has 3 atom stereocenters. The minimum Gasteiger partial charge on any atom is -0.339 e. The molecule has 116 valence electrons. The largest absolute Gasteiger partial charge is 0.339 e. The third kappa shape index (κ3) is 3.53. The van der Waals surface area contributed by atoms with Crippen LogP contribution in [0.2, 0.25) is 0 Å². The van der Waals surface area contributed by atoms with Gasteiger partial charge in [0.05, 0.1) is 6.54 Å². The zero-order valence-electron chi connectivity index (χ0n) is 13.2. The van der Waals surface area contributed by atoms with Crippen LogP contribution in [0.15, 0.2) is 0 Å². The van der Waals surface area contributed by atoms with Crippen molar-refractivity contribution in [1.82, 2.24) is 9.80 Å². The van der Waals surface area contributed by atoms with Gasteiger partial charge in [0, 0.05) is 25.2 Å². The summed E-state index contributed by atoms with van der Waals surface area (Å²) < 4.78 is 0. The van der Waals surface area contributed by atoms with Crippen LogP contribution in [0.4, 0.5) is 0 Å². The lowest BCUT2D eigenvalue weighted by Gasteiger charge is -2.41. The molecule has 4 nitrogen and oxygen atoms in total. The molecule has 0 aliphatic carbocycles. The maximum atomic E-state index is 12.6. The van der Waals surface area contributed by atoms with Crippen LogP contribution in [0.1, 0.15) is 52.4 Å². The van der Waals surface area contributed by atoms with Crippen LogP contribution in [0.25, 0.3) is 0 Å². The third-order valence-corrected chi connectivity index (χ3v) is 5.23. The number of hydrogen-bond acceptors (Lipinski definition) is 3. The average Bonchev–Trinajstić information content (AvgIpc) is 2.47. The highest BCUT2D eigenvalue weighted by Gasteiger charge is 2.31. The topological polar surface area (TPSA) is 49.6 Å². The standard InChI is InChI=1S/C16H31N3O/c1-3-14-8-4-5-10-19(14)16(20)12-18-9-6-7-13(2)15(18)11-17/h13-15H,3-12,17H2,1-2H3. The highest BCUT2D eigenvalue weighted by Crippen LogP contribution is 2.24. The van der Waals surface area contributed by atoms with E-state index in [1.165, 1.54) is 32.1 Å². The van der Waals surface area contributed by atoms with Crippen LogP contribution < -0.4 is 5.73 Å². The van der Waals surface area contributed by atoms with Gasteiger partial charge in [0.15, 0.2) is 0 Å². The Bertz CT molecular complexity index is 321. The molecule has 2 aliphatic rings. The van der Waals surface area contributed by atoms with E-state index < -0.39 is 0 Å². The zero-order chi connectivity index (χ0) is 14.5. The number of carbonyl (C=O) groups excluding carboxylic acids is 1. The van der Waals surface area contributed by atoms with E-state index in [-0.39, 0.29) is 0 Å². The van der Waals surface area contributed by atoms with Gasteiger partial charge < -0.3 is 10.6 Å². The number of likely N-dealkylation sites (tertiary alicyclic amines) is 2. The summed E-state index contributed by atoms with van der Waals surface area (Å²) in [4.78, 5) is 17.1. The van der Waals surface area contributed by atoms with Crippen LogP contribution in [0.3, 0.4) is 0 Å². The summed E-state index contributed by atoms with van der Waals surface area (Å²) >= 11 is 0. The molecule has 1 amide bonds. The SMILES string of the molecule is CCC1CCCCN1C(=O)CN1CCCC(C)C1CN. The Morgan fingerprint density at radius 2 is 2.00 bits per heavy atom. The monoisotopic (exact) mass is 281 g/mol. The first-order valence-electron chi connectivity index (χ1n) is 8.41. The fourth-order valence-electron chi connectivity index (χ4n) is 3.93. The van der Waals surface area contributed by atoms with Gasteiger partial charge in [-0.2, -0.15) is 0 Å². The molecule has 2 rings (SSSR count). The van der Waals surface area contributed by atoms with Crippen LogP contribution >= 0.6 is 0 Å². The van der Waals surface area contributed by atoms with Crippen molar-refractivity contribution >= 4 is 5.91 Å². The van der Waals surface area contributed by atoms with Crippen LogP contribution in [0, 0.1) is 5.92 Å². The second-order valence-electron chi connectivity index (χ2n) is 6.54. The van der Waals surface area contributed by atoms with Crippen molar-refractivity contribution in [2.24, 2.45) is 11.7 Å². The summed E-state index contributed by atoms with van der Waals surface area (Å²) in [7, 11) is 0. The molecule has 2 saturated heterocycles. The lowest BCUT2D eigenvalue weighted by molar-refractivity contribution is -0.137. The molecule has 2 fully saturated rings. The highest BCUT2D eigenvalue weighted by atomic mass is 16.2. The number of hydrogen-bond donors (Lipinski definition) is 1. The number of carbonyl (C=O) groups is 1. The first-order chi connectivity index (χ1) is 9.67. The average molecular weight is 281 g/mol. The van der Waals surface area contributed by atoms with E-state index in [1.807, 2.05) is 0 Å². The van der Waals surface area contributed by atoms with Crippen molar-refractivity contribution in [3.05, 3.63) is 0 Å². The number of nitrogens with zero attached hydrogens (tertiary/aromatic N) is 2. The summed E-state index contributed by atoms with van der Waals surface area (Å²) in [6.07, 6.45) is 7.14. The Morgan fingerprint density at radius 1 is 1.20 bits per heavy atom. The minimum absolute atomic E-state index is 0.323. The molecule has 2 N–H and O–H groups in total. The van der Waals surface area contributed by atoms with Gasteiger partial charge in [-0.1, -0.05) is 13.8 Å². The second kappa shape index (κ2) is 7.41. The van der Waals surface area contributed by atoms with Gasteiger partial charge in [0.25, 0.3) is 0 Å². The van der Waals surface area contributed by atoms with Crippen molar-refractivity contribution < 1.29 is 4.79 Å². The van der Waals surface area contributed by atoms with E-state index in [4.69, 9.17) is 5.73 Å². The van der Waals surface area contributed by atoms with Crippen molar-refractivity contribution in [2.75, 3.05) is 26.2 Å². The fourth-order valence-corrected chi connectivity index (χ4v) is 3.93. The van der Waals surface area contributed by atoms with Crippen LogP contribution in [-0.2, 0) is 4.79 Å². The summed E-state index contributed by atoms with van der Waals surface area (Å²) in [5.41, 5.74) is 5.93. The summed E-state index contributed by atoms with van der Waals surface area (Å²) in [5.74, 6) is 0.939. The predicted octanol–water partition coefficient (Wildman–Crippen LogP) is 1.84. The maximum Gasteiger partial charge on any atom is 0.237 e. The molecule has 20 heavy (non-hydrogen) atoms. The molecule has 0 aromatic heterocycles. The van der Waals surface area contributed by atoms with Gasteiger partial charge in [-0.05, 0) is 51.0 Å². The molecular formula is C16H31N3O. The molecular weight excluding hydrogens is 250 g/mol. The Kier molecular flexibility index (Phi) is 5.85. The molecule has 0 bridgehead atoms. The number of amides is 1. The molecule has 0 aromatic carbocycles. The lowest BCUT2D eigenvalue weighted by atomic mass is 9.90. The molecule has 4 heteroatoms. The lowest BCUT2D eigenvalue weighted by Crippen LogP contribution is -2.54. The zero-order valence-corrected chi connectivity index (χ0v) is 13.2. The van der Waals surface area contributed by atoms with Gasteiger partial charge in [-0.25, -0.2) is 0 Å². The second-order valence-corrected chi connectivity index (χ2v) is 6.54. The molecule has 2 aliphatic heterocycles. The maximum absolute atomic E-state index is 12.6. The molecule has 3 unspecified atom stereocenters. The number of piperidine rings is 2. The minimum atomic E-state index is 0.323. The summed E-state index contributed by atoms with van der Waals surface area (Å²) in [6.45, 7) is 7.69. The third-order valence-electron chi connectivity index (χ3n) is 5.23. The number of rotatable bonds is 4. The molecule has 0 saturated carbocycles. The van der Waals surface area contributed by atoms with E-state index in [0.717, 1.165) is 19.5 Å².